The maximum atomic E-state index is 13.9. The highest BCUT2D eigenvalue weighted by molar-refractivity contribution is 6.32. The average Bonchev–Trinajstić information content (AvgIpc) is 3.09. The molecule has 1 heterocycles. The van der Waals surface area contributed by atoms with Crippen molar-refractivity contribution >= 4 is 11.6 Å². The summed E-state index contributed by atoms with van der Waals surface area (Å²) in [4.78, 5) is 32.3. The first-order valence-corrected chi connectivity index (χ1v) is 11.4. The number of ketones is 2. The van der Waals surface area contributed by atoms with Gasteiger partial charge in [-0.1, -0.05) is 60.7 Å². The number of fused-ring (bicyclic) bond motifs is 1. The Morgan fingerprint density at radius 1 is 0.818 bits per heavy atom. The minimum absolute atomic E-state index is 0.135. The van der Waals surface area contributed by atoms with E-state index < -0.39 is 5.54 Å². The van der Waals surface area contributed by atoms with Gasteiger partial charge in [-0.15, -0.1) is 0 Å². The van der Waals surface area contributed by atoms with E-state index >= 15 is 0 Å². The standard InChI is InChI=1S/C28H28N2O3/c1-20-8-3-4-9-21(20)19-29-14-16-30(17-15-29)28(22-10-7-11-23(18-22)33-2)26(31)24-12-5-6-13-25(24)27(28)32/h3-13,18H,14-17,19H2,1-2H3. The smallest absolute Gasteiger partial charge is 0.196 e. The van der Waals surface area contributed by atoms with Gasteiger partial charge in [0.25, 0.3) is 0 Å². The molecule has 0 bridgehead atoms. The minimum Gasteiger partial charge on any atom is -0.497 e. The molecular weight excluding hydrogens is 412 g/mol. The molecule has 5 nitrogen and oxygen atoms in total. The fourth-order valence-corrected chi connectivity index (χ4v) is 5.22. The summed E-state index contributed by atoms with van der Waals surface area (Å²) in [5, 5.41) is 0. The van der Waals surface area contributed by atoms with Crippen LogP contribution >= 0.6 is 0 Å². The lowest BCUT2D eigenvalue weighted by Crippen LogP contribution is -2.60. The number of hydrogen-bond donors (Lipinski definition) is 0. The van der Waals surface area contributed by atoms with Gasteiger partial charge in [0.15, 0.2) is 17.1 Å². The van der Waals surface area contributed by atoms with Crippen molar-refractivity contribution in [2.24, 2.45) is 0 Å². The molecule has 168 valence electrons. The van der Waals surface area contributed by atoms with Crippen molar-refractivity contribution in [3.05, 3.63) is 101 Å². The molecule has 1 fully saturated rings. The van der Waals surface area contributed by atoms with Crippen LogP contribution in [0.15, 0.2) is 72.8 Å². The average molecular weight is 441 g/mol. The van der Waals surface area contributed by atoms with E-state index in [2.05, 4.69) is 41.0 Å². The second-order valence-electron chi connectivity index (χ2n) is 8.84. The molecule has 1 aliphatic heterocycles. The van der Waals surface area contributed by atoms with Crippen LogP contribution in [-0.4, -0.2) is 54.7 Å². The Balaban J connectivity index is 1.49. The maximum absolute atomic E-state index is 13.9. The van der Waals surface area contributed by atoms with Crippen molar-refractivity contribution in [2.75, 3.05) is 33.3 Å². The Labute approximate surface area is 194 Å². The van der Waals surface area contributed by atoms with E-state index in [0.717, 1.165) is 19.6 Å². The second-order valence-corrected chi connectivity index (χ2v) is 8.84. The van der Waals surface area contributed by atoms with Gasteiger partial charge in [0.2, 0.25) is 0 Å². The van der Waals surface area contributed by atoms with Crippen LogP contribution in [0.2, 0.25) is 0 Å². The van der Waals surface area contributed by atoms with Crippen LogP contribution in [0.1, 0.15) is 37.4 Å². The first-order valence-electron chi connectivity index (χ1n) is 11.4. The fraction of sp³-hybridized carbons (Fsp3) is 0.286. The maximum Gasteiger partial charge on any atom is 0.196 e. The topological polar surface area (TPSA) is 49.9 Å². The lowest BCUT2D eigenvalue weighted by Gasteiger charge is -2.44. The second kappa shape index (κ2) is 8.58. The number of hydrogen-bond acceptors (Lipinski definition) is 5. The van der Waals surface area contributed by atoms with Crippen LogP contribution in [0.25, 0.3) is 0 Å². The molecule has 0 aromatic heterocycles. The molecule has 2 aliphatic rings. The van der Waals surface area contributed by atoms with Crippen LogP contribution in [-0.2, 0) is 12.1 Å². The monoisotopic (exact) mass is 440 g/mol. The van der Waals surface area contributed by atoms with Gasteiger partial charge in [-0.25, -0.2) is 0 Å². The fourth-order valence-electron chi connectivity index (χ4n) is 5.22. The molecule has 0 atom stereocenters. The Bertz CT molecular complexity index is 1180. The van der Waals surface area contributed by atoms with E-state index in [4.69, 9.17) is 4.74 Å². The highest BCUT2D eigenvalue weighted by Crippen LogP contribution is 2.43. The molecule has 0 amide bonds. The molecule has 33 heavy (non-hydrogen) atoms. The first kappa shape index (κ1) is 21.6. The normalized spacial score (nSPS) is 18.4. The Hall–Kier alpha value is -3.28. The molecule has 1 aliphatic carbocycles. The first-order chi connectivity index (χ1) is 16.1. The van der Waals surface area contributed by atoms with E-state index in [1.807, 2.05) is 36.4 Å². The van der Waals surface area contributed by atoms with E-state index in [1.54, 1.807) is 19.2 Å². The largest absolute Gasteiger partial charge is 0.497 e. The highest BCUT2D eigenvalue weighted by atomic mass is 16.5. The lowest BCUT2D eigenvalue weighted by molar-refractivity contribution is 0.0278. The van der Waals surface area contributed by atoms with Gasteiger partial charge in [0.05, 0.1) is 7.11 Å². The van der Waals surface area contributed by atoms with Crippen LogP contribution < -0.4 is 4.74 Å². The van der Waals surface area contributed by atoms with Crippen molar-refractivity contribution in [3.63, 3.8) is 0 Å². The summed E-state index contributed by atoms with van der Waals surface area (Å²) < 4.78 is 5.44. The molecule has 0 radical (unpaired) electrons. The summed E-state index contributed by atoms with van der Waals surface area (Å²) in [7, 11) is 1.60. The number of carbonyl (C=O) groups excluding carboxylic acids is 2. The van der Waals surface area contributed by atoms with Gasteiger partial charge in [0.1, 0.15) is 5.75 Å². The zero-order chi connectivity index (χ0) is 23.0. The zero-order valence-corrected chi connectivity index (χ0v) is 19.1. The highest BCUT2D eigenvalue weighted by Gasteiger charge is 2.58. The third kappa shape index (κ3) is 3.48. The summed E-state index contributed by atoms with van der Waals surface area (Å²) in [5.41, 5.74) is 2.95. The van der Waals surface area contributed by atoms with E-state index in [1.165, 1.54) is 11.1 Å². The van der Waals surface area contributed by atoms with Gasteiger partial charge in [-0.3, -0.25) is 19.4 Å². The molecule has 1 saturated heterocycles. The molecule has 3 aromatic carbocycles. The number of ether oxygens (including phenoxy) is 1. The van der Waals surface area contributed by atoms with Crippen molar-refractivity contribution < 1.29 is 14.3 Å². The van der Waals surface area contributed by atoms with Gasteiger partial charge >= 0.3 is 0 Å². The zero-order valence-electron chi connectivity index (χ0n) is 19.1. The van der Waals surface area contributed by atoms with Gasteiger partial charge in [-0.05, 0) is 35.7 Å². The third-order valence-corrected chi connectivity index (χ3v) is 7.06. The summed E-state index contributed by atoms with van der Waals surface area (Å²) in [6, 6.07) is 23.0. The number of piperazine rings is 1. The van der Waals surface area contributed by atoms with Gasteiger partial charge < -0.3 is 4.74 Å². The lowest BCUT2D eigenvalue weighted by atomic mass is 9.82. The number of Topliss-reactive ketones (excluding diaryl/α,β-unsaturated/α-hetero) is 2. The van der Waals surface area contributed by atoms with Crippen LogP contribution in [0.3, 0.4) is 0 Å². The molecule has 0 unspecified atom stereocenters. The van der Waals surface area contributed by atoms with Gasteiger partial charge in [-0.2, -0.15) is 0 Å². The van der Waals surface area contributed by atoms with Crippen molar-refractivity contribution in [2.45, 2.75) is 19.0 Å². The number of nitrogens with zero attached hydrogens (tertiary/aromatic N) is 2. The Morgan fingerprint density at radius 2 is 1.45 bits per heavy atom. The molecule has 0 saturated carbocycles. The molecule has 5 rings (SSSR count). The SMILES string of the molecule is COc1cccc(C2(N3CCN(Cc4ccccc4C)CC3)C(=O)c3ccccc3C2=O)c1. The van der Waals surface area contributed by atoms with E-state index in [-0.39, 0.29) is 11.6 Å². The summed E-state index contributed by atoms with van der Waals surface area (Å²) in [6.45, 7) is 5.85. The van der Waals surface area contributed by atoms with Crippen molar-refractivity contribution in [1.82, 2.24) is 9.80 Å². The molecular formula is C28H28N2O3. The number of methoxy groups -OCH3 is 1. The predicted octanol–water partition coefficient (Wildman–Crippen LogP) is 4.10. The quantitative estimate of drug-likeness (QED) is 0.559. The molecule has 0 N–H and O–H groups in total. The van der Waals surface area contributed by atoms with Gasteiger partial charge in [0, 0.05) is 43.9 Å². The number of rotatable bonds is 5. The number of carbonyl (C=O) groups is 2. The van der Waals surface area contributed by atoms with Crippen LogP contribution in [0.5, 0.6) is 5.75 Å². The van der Waals surface area contributed by atoms with E-state index in [9.17, 15) is 9.59 Å². The number of benzene rings is 3. The minimum atomic E-state index is -1.34. The Kier molecular flexibility index (Phi) is 5.60. The molecule has 3 aromatic rings. The third-order valence-electron chi connectivity index (χ3n) is 7.06. The van der Waals surface area contributed by atoms with Crippen molar-refractivity contribution in [3.8, 4) is 5.75 Å². The van der Waals surface area contributed by atoms with Crippen LogP contribution in [0.4, 0.5) is 0 Å². The summed E-state index contributed by atoms with van der Waals surface area (Å²) >= 11 is 0. The summed E-state index contributed by atoms with van der Waals surface area (Å²) in [6.07, 6.45) is 0. The molecule has 5 heteroatoms. The van der Waals surface area contributed by atoms with Crippen molar-refractivity contribution in [1.29, 1.82) is 0 Å². The van der Waals surface area contributed by atoms with E-state index in [0.29, 0.717) is 35.5 Å². The number of aryl methyl sites for hydroxylation is 1. The molecule has 0 spiro atoms. The predicted molar refractivity (Wildman–Crippen MR) is 128 cm³/mol. The summed E-state index contributed by atoms with van der Waals surface area (Å²) in [5.74, 6) is 0.369. The van der Waals surface area contributed by atoms with Crippen LogP contribution in [0, 0.1) is 6.92 Å². The Morgan fingerprint density at radius 3 is 2.09 bits per heavy atom.